The van der Waals surface area contributed by atoms with E-state index < -0.39 is 12.1 Å². The van der Waals surface area contributed by atoms with Gasteiger partial charge in [-0.1, -0.05) is 280 Å². The Morgan fingerprint density at radius 2 is 0.710 bits per heavy atom. The average Bonchev–Trinajstić information content (AvgIpc) is 3.28. The number of unbranched alkanes of at least 4 members (excludes halogenated alkanes) is 33. The number of hydrogen-bond acceptors (Lipinski definition) is 3. The van der Waals surface area contributed by atoms with Crippen molar-refractivity contribution in [3.63, 3.8) is 0 Å². The Balaban J connectivity index is 3.48. The maximum absolute atomic E-state index is 12.5. The summed E-state index contributed by atoms with van der Waals surface area (Å²) in [5.41, 5.74) is 0. The van der Waals surface area contributed by atoms with E-state index in [1.165, 1.54) is 199 Å². The zero-order valence-corrected chi connectivity index (χ0v) is 41.6. The summed E-state index contributed by atoms with van der Waals surface area (Å²) in [5.74, 6) is -0.0314. The molecule has 4 nitrogen and oxygen atoms in total. The highest BCUT2D eigenvalue weighted by atomic mass is 16.3. The Bertz CT molecular complexity index is 1030. The van der Waals surface area contributed by atoms with Gasteiger partial charge in [-0.15, -0.1) is 0 Å². The zero-order valence-electron chi connectivity index (χ0n) is 41.6. The Hall–Kier alpha value is -1.91. The van der Waals surface area contributed by atoms with Crippen LogP contribution in [-0.4, -0.2) is 34.9 Å². The van der Waals surface area contributed by atoms with Crippen LogP contribution in [0.1, 0.15) is 284 Å². The molecule has 62 heavy (non-hydrogen) atoms. The van der Waals surface area contributed by atoms with Gasteiger partial charge in [0.25, 0.3) is 0 Å². The molecule has 4 heteroatoms. The highest BCUT2D eigenvalue weighted by Gasteiger charge is 2.20. The molecule has 0 rings (SSSR count). The molecule has 0 aliphatic rings. The van der Waals surface area contributed by atoms with Crippen molar-refractivity contribution in [3.05, 3.63) is 60.8 Å². The second kappa shape index (κ2) is 53.4. The minimum Gasteiger partial charge on any atom is -0.394 e. The van der Waals surface area contributed by atoms with Gasteiger partial charge in [-0.05, 0) is 57.8 Å². The zero-order chi connectivity index (χ0) is 44.9. The molecule has 0 saturated carbocycles. The minimum atomic E-state index is -0.663. The van der Waals surface area contributed by atoms with E-state index in [4.69, 9.17) is 0 Å². The molecule has 0 aliphatic carbocycles. The lowest BCUT2D eigenvalue weighted by Gasteiger charge is -2.22. The quantitative estimate of drug-likeness (QED) is 0.0421. The minimum absolute atomic E-state index is 0.0314. The monoisotopic (exact) mass is 866 g/mol. The van der Waals surface area contributed by atoms with Crippen molar-refractivity contribution in [3.8, 4) is 0 Å². The van der Waals surface area contributed by atoms with Crippen LogP contribution in [0, 0.1) is 0 Å². The third-order valence-electron chi connectivity index (χ3n) is 12.5. The van der Waals surface area contributed by atoms with Crippen LogP contribution in [0.2, 0.25) is 0 Å². The molecule has 0 aromatic heterocycles. The number of aliphatic hydroxyl groups is 2. The van der Waals surface area contributed by atoms with Gasteiger partial charge in [0, 0.05) is 6.42 Å². The Kier molecular flexibility index (Phi) is 51.8. The molecular weight excluding hydrogens is 759 g/mol. The Labute approximate surface area is 387 Å². The highest BCUT2D eigenvalue weighted by Crippen LogP contribution is 2.17. The third-order valence-corrected chi connectivity index (χ3v) is 12.5. The lowest BCUT2D eigenvalue weighted by molar-refractivity contribution is -0.123. The first-order valence-corrected chi connectivity index (χ1v) is 27.5. The summed E-state index contributed by atoms with van der Waals surface area (Å²) in [6.07, 6.45) is 74.8. The first-order valence-electron chi connectivity index (χ1n) is 27.5. The molecule has 0 aromatic rings. The van der Waals surface area contributed by atoms with Gasteiger partial charge in [0.1, 0.15) is 0 Å². The van der Waals surface area contributed by atoms with E-state index in [2.05, 4.69) is 79.9 Å². The molecule has 0 spiro atoms. The van der Waals surface area contributed by atoms with Crippen molar-refractivity contribution >= 4 is 5.91 Å². The third kappa shape index (κ3) is 49.1. The van der Waals surface area contributed by atoms with Crippen molar-refractivity contribution in [1.29, 1.82) is 0 Å². The van der Waals surface area contributed by atoms with Crippen LogP contribution in [0.3, 0.4) is 0 Å². The smallest absolute Gasteiger partial charge is 0.220 e. The van der Waals surface area contributed by atoms with Gasteiger partial charge in [-0.3, -0.25) is 4.79 Å². The van der Waals surface area contributed by atoms with E-state index in [0.29, 0.717) is 12.8 Å². The van der Waals surface area contributed by atoms with E-state index in [0.717, 1.165) is 57.8 Å². The predicted molar refractivity (Wildman–Crippen MR) is 276 cm³/mol. The van der Waals surface area contributed by atoms with E-state index in [-0.39, 0.29) is 12.5 Å². The summed E-state index contributed by atoms with van der Waals surface area (Å²) >= 11 is 0. The van der Waals surface area contributed by atoms with Crippen LogP contribution in [-0.2, 0) is 4.79 Å². The average molecular weight is 866 g/mol. The lowest BCUT2D eigenvalue weighted by Crippen LogP contribution is -2.45. The molecule has 362 valence electrons. The summed E-state index contributed by atoms with van der Waals surface area (Å²) in [6, 6.07) is -0.540. The largest absolute Gasteiger partial charge is 0.394 e. The maximum Gasteiger partial charge on any atom is 0.220 e. The van der Waals surface area contributed by atoms with E-state index >= 15 is 0 Å². The fourth-order valence-electron chi connectivity index (χ4n) is 8.39. The van der Waals surface area contributed by atoms with Crippen molar-refractivity contribution in [2.24, 2.45) is 0 Å². The van der Waals surface area contributed by atoms with Crippen LogP contribution >= 0.6 is 0 Å². The molecule has 2 unspecified atom stereocenters. The van der Waals surface area contributed by atoms with Crippen LogP contribution < -0.4 is 5.32 Å². The second-order valence-corrected chi connectivity index (χ2v) is 18.6. The van der Waals surface area contributed by atoms with Gasteiger partial charge in [-0.25, -0.2) is 0 Å². The van der Waals surface area contributed by atoms with Crippen molar-refractivity contribution < 1.29 is 15.0 Å². The molecule has 0 aromatic carbocycles. The standard InChI is InChI=1S/C58H107NO3/c1-3-5-7-9-11-13-15-17-19-21-23-25-26-27-28-29-30-31-32-34-36-38-40-42-44-46-48-50-52-54-58(62)59-56(55-60)57(61)53-51-49-47-45-43-41-39-37-35-33-24-22-20-18-16-14-12-10-8-6-4-2/h5,7,11,13,17,19,23,25,27-28,56-57,60-61H,3-4,6,8-10,12,14-16,18,20-22,24,26,29-55H2,1-2H3,(H,59,62)/b7-5-,13-11-,19-17-,25-23-,28-27-. The fraction of sp³-hybridized carbons (Fsp3) is 0.810. The van der Waals surface area contributed by atoms with Crippen LogP contribution in [0.15, 0.2) is 60.8 Å². The van der Waals surface area contributed by atoms with Gasteiger partial charge in [-0.2, -0.15) is 0 Å². The van der Waals surface area contributed by atoms with E-state index in [1.807, 2.05) is 0 Å². The summed E-state index contributed by atoms with van der Waals surface area (Å²) < 4.78 is 0. The number of carbonyl (C=O) groups excluding carboxylic acids is 1. The number of allylic oxidation sites excluding steroid dienone is 10. The molecular formula is C58H107NO3. The van der Waals surface area contributed by atoms with E-state index in [9.17, 15) is 15.0 Å². The van der Waals surface area contributed by atoms with Crippen molar-refractivity contribution in [2.45, 2.75) is 296 Å². The normalized spacial score (nSPS) is 13.3. The molecule has 0 aliphatic heterocycles. The molecule has 1 amide bonds. The predicted octanol–water partition coefficient (Wildman–Crippen LogP) is 18.0. The molecule has 0 heterocycles. The molecule has 0 fully saturated rings. The second-order valence-electron chi connectivity index (χ2n) is 18.6. The summed E-state index contributed by atoms with van der Waals surface area (Å²) in [4.78, 5) is 12.5. The maximum atomic E-state index is 12.5. The van der Waals surface area contributed by atoms with Crippen molar-refractivity contribution in [1.82, 2.24) is 5.32 Å². The van der Waals surface area contributed by atoms with Gasteiger partial charge in [0.2, 0.25) is 5.91 Å². The number of amides is 1. The fourth-order valence-corrected chi connectivity index (χ4v) is 8.39. The number of carbonyl (C=O) groups is 1. The van der Waals surface area contributed by atoms with Crippen molar-refractivity contribution in [2.75, 3.05) is 6.61 Å². The van der Waals surface area contributed by atoms with Gasteiger partial charge >= 0.3 is 0 Å². The molecule has 0 saturated heterocycles. The SMILES string of the molecule is CC/C=C\C/C=C\C/C=C\C/C=C\C/C=C\CCCCCCCCCCCCCCCC(=O)NC(CO)C(O)CCCCCCCCCCCCCCCCCCCCCCC. The summed E-state index contributed by atoms with van der Waals surface area (Å²) in [7, 11) is 0. The molecule has 2 atom stereocenters. The van der Waals surface area contributed by atoms with Gasteiger partial charge in [0.15, 0.2) is 0 Å². The first-order chi connectivity index (χ1) is 30.7. The number of nitrogens with one attached hydrogen (secondary N) is 1. The van der Waals surface area contributed by atoms with Crippen LogP contribution in [0.25, 0.3) is 0 Å². The number of rotatable bonds is 50. The molecule has 0 bridgehead atoms. The van der Waals surface area contributed by atoms with Gasteiger partial charge in [0.05, 0.1) is 18.8 Å². The topological polar surface area (TPSA) is 69.6 Å². The first kappa shape index (κ1) is 60.1. The Morgan fingerprint density at radius 1 is 0.403 bits per heavy atom. The summed E-state index contributed by atoms with van der Waals surface area (Å²) in [5, 5.41) is 23.3. The molecule has 3 N–H and O–H groups in total. The summed E-state index contributed by atoms with van der Waals surface area (Å²) in [6.45, 7) is 4.27. The number of aliphatic hydroxyl groups excluding tert-OH is 2. The van der Waals surface area contributed by atoms with Gasteiger partial charge < -0.3 is 15.5 Å². The van der Waals surface area contributed by atoms with Crippen LogP contribution in [0.4, 0.5) is 0 Å². The lowest BCUT2D eigenvalue weighted by atomic mass is 10.0. The van der Waals surface area contributed by atoms with Crippen LogP contribution in [0.5, 0.6) is 0 Å². The van der Waals surface area contributed by atoms with E-state index in [1.54, 1.807) is 0 Å². The Morgan fingerprint density at radius 3 is 1.06 bits per heavy atom. The molecule has 0 radical (unpaired) electrons. The number of hydrogen-bond donors (Lipinski definition) is 3. The highest BCUT2D eigenvalue weighted by molar-refractivity contribution is 5.76.